The summed E-state index contributed by atoms with van der Waals surface area (Å²) in [4.78, 5) is 28.2. The number of ketones is 1. The molecule has 3 rings (SSSR count). The zero-order chi connectivity index (χ0) is 16.9. The summed E-state index contributed by atoms with van der Waals surface area (Å²) in [7, 11) is 0. The summed E-state index contributed by atoms with van der Waals surface area (Å²) in [5.74, 6) is 0.354. The van der Waals surface area contributed by atoms with E-state index >= 15 is 0 Å². The molecule has 0 spiro atoms. The Balaban J connectivity index is 1.49. The van der Waals surface area contributed by atoms with Crippen LogP contribution in [0.3, 0.4) is 0 Å². The number of benzene rings is 1. The van der Waals surface area contributed by atoms with Crippen LogP contribution in [0.25, 0.3) is 0 Å². The molecule has 1 fully saturated rings. The Labute approximate surface area is 141 Å². The normalized spacial score (nSPS) is 15.3. The third kappa shape index (κ3) is 3.83. The molecule has 6 nitrogen and oxygen atoms in total. The number of aryl methyl sites for hydroxylation is 1. The molecule has 0 bridgehead atoms. The highest BCUT2D eigenvalue weighted by Gasteiger charge is 2.23. The van der Waals surface area contributed by atoms with Crippen molar-refractivity contribution in [3.8, 4) is 0 Å². The first-order valence-corrected chi connectivity index (χ1v) is 8.04. The Bertz CT molecular complexity index is 704. The summed E-state index contributed by atoms with van der Waals surface area (Å²) in [5, 5.41) is 2.94. The molecule has 1 aliphatic heterocycles. The zero-order valence-electron chi connectivity index (χ0n) is 13.7. The first-order chi connectivity index (χ1) is 11.6. The molecule has 2 amide bonds. The van der Waals surface area contributed by atoms with Gasteiger partial charge in [0.15, 0.2) is 5.76 Å². The Morgan fingerprint density at radius 2 is 1.83 bits per heavy atom. The average molecular weight is 327 g/mol. The quantitative estimate of drug-likeness (QED) is 0.877. The van der Waals surface area contributed by atoms with E-state index in [9.17, 15) is 9.59 Å². The number of rotatable bonds is 4. The first kappa shape index (κ1) is 16.3. The number of urea groups is 1. The van der Waals surface area contributed by atoms with E-state index in [1.165, 1.54) is 6.26 Å². The number of nitrogens with one attached hydrogen (secondary N) is 1. The molecule has 2 aromatic rings. The number of anilines is 1. The molecule has 0 atom stereocenters. The lowest BCUT2D eigenvalue weighted by molar-refractivity contribution is 0.0857. The van der Waals surface area contributed by atoms with Crippen molar-refractivity contribution >= 4 is 17.5 Å². The van der Waals surface area contributed by atoms with Gasteiger partial charge in [-0.05, 0) is 30.7 Å². The molecular weight excluding hydrogens is 306 g/mol. The average Bonchev–Trinajstić information content (AvgIpc) is 3.12. The van der Waals surface area contributed by atoms with Gasteiger partial charge in [0, 0.05) is 31.9 Å². The van der Waals surface area contributed by atoms with E-state index in [0.29, 0.717) is 38.5 Å². The molecule has 1 aliphatic rings. The Morgan fingerprint density at radius 1 is 1.08 bits per heavy atom. The molecule has 1 aromatic carbocycles. The van der Waals surface area contributed by atoms with Crippen molar-refractivity contribution in [3.05, 3.63) is 54.0 Å². The smallest absolute Gasteiger partial charge is 0.321 e. The maximum atomic E-state index is 12.3. The SMILES string of the molecule is Cc1ccccc1NC(=O)N1CCN(CC(=O)c2ccco2)CC1. The minimum absolute atomic E-state index is 0.0298. The first-order valence-electron chi connectivity index (χ1n) is 8.04. The second-order valence-electron chi connectivity index (χ2n) is 5.91. The Kier molecular flexibility index (Phi) is 4.96. The lowest BCUT2D eigenvalue weighted by atomic mass is 10.2. The van der Waals surface area contributed by atoms with E-state index in [4.69, 9.17) is 4.42 Å². The summed E-state index contributed by atoms with van der Waals surface area (Å²) in [6.07, 6.45) is 1.50. The number of piperazine rings is 1. The molecule has 1 aromatic heterocycles. The van der Waals surface area contributed by atoms with Gasteiger partial charge in [-0.2, -0.15) is 0 Å². The second-order valence-corrected chi connectivity index (χ2v) is 5.91. The summed E-state index contributed by atoms with van der Waals surface area (Å²) in [6, 6.07) is 11.0. The fraction of sp³-hybridized carbons (Fsp3) is 0.333. The minimum atomic E-state index is -0.0960. The highest BCUT2D eigenvalue weighted by molar-refractivity contribution is 5.95. The van der Waals surface area contributed by atoms with Crippen molar-refractivity contribution < 1.29 is 14.0 Å². The monoisotopic (exact) mass is 327 g/mol. The second kappa shape index (κ2) is 7.31. The third-order valence-corrected chi connectivity index (χ3v) is 4.21. The summed E-state index contributed by atoms with van der Waals surface area (Å²) in [5.41, 5.74) is 1.87. The predicted octanol–water partition coefficient (Wildman–Crippen LogP) is 2.62. The van der Waals surface area contributed by atoms with Crippen LogP contribution in [0, 0.1) is 6.92 Å². The molecule has 0 saturated carbocycles. The number of furan rings is 1. The molecule has 2 heterocycles. The third-order valence-electron chi connectivity index (χ3n) is 4.21. The lowest BCUT2D eigenvalue weighted by Gasteiger charge is -2.34. The number of carbonyl (C=O) groups excluding carboxylic acids is 2. The van der Waals surface area contributed by atoms with E-state index in [1.807, 2.05) is 36.1 Å². The largest absolute Gasteiger partial charge is 0.461 e. The van der Waals surface area contributed by atoms with Gasteiger partial charge in [-0.15, -0.1) is 0 Å². The molecule has 24 heavy (non-hydrogen) atoms. The van der Waals surface area contributed by atoms with Crippen LogP contribution >= 0.6 is 0 Å². The Morgan fingerprint density at radius 3 is 2.50 bits per heavy atom. The molecule has 0 aliphatic carbocycles. The van der Waals surface area contributed by atoms with E-state index in [2.05, 4.69) is 5.32 Å². The van der Waals surface area contributed by atoms with E-state index in [0.717, 1.165) is 11.3 Å². The van der Waals surface area contributed by atoms with E-state index in [1.54, 1.807) is 17.0 Å². The van der Waals surface area contributed by atoms with Crippen molar-refractivity contribution in [2.24, 2.45) is 0 Å². The molecule has 126 valence electrons. The highest BCUT2D eigenvalue weighted by Crippen LogP contribution is 2.14. The van der Waals surface area contributed by atoms with Crippen molar-refractivity contribution in [1.82, 2.24) is 9.80 Å². The van der Waals surface area contributed by atoms with Crippen molar-refractivity contribution in [1.29, 1.82) is 0 Å². The van der Waals surface area contributed by atoms with E-state index < -0.39 is 0 Å². The fourth-order valence-electron chi connectivity index (χ4n) is 2.73. The highest BCUT2D eigenvalue weighted by atomic mass is 16.3. The maximum Gasteiger partial charge on any atom is 0.321 e. The molecule has 1 N–H and O–H groups in total. The number of amides is 2. The molecule has 6 heteroatoms. The number of carbonyl (C=O) groups is 2. The number of hydrogen-bond acceptors (Lipinski definition) is 4. The predicted molar refractivity (Wildman–Crippen MR) is 91.2 cm³/mol. The van der Waals surface area contributed by atoms with Crippen LogP contribution in [0.2, 0.25) is 0 Å². The van der Waals surface area contributed by atoms with Gasteiger partial charge in [0.2, 0.25) is 5.78 Å². The van der Waals surface area contributed by atoms with Crippen LogP contribution in [0.5, 0.6) is 0 Å². The van der Waals surface area contributed by atoms with Gasteiger partial charge in [0.05, 0.1) is 12.8 Å². The number of Topliss-reactive ketones (excluding diaryl/α,β-unsaturated/α-hetero) is 1. The summed E-state index contributed by atoms with van der Waals surface area (Å²) < 4.78 is 5.12. The molecular formula is C18H21N3O3. The summed E-state index contributed by atoms with van der Waals surface area (Å²) in [6.45, 7) is 4.84. The van der Waals surface area contributed by atoms with E-state index in [-0.39, 0.29) is 11.8 Å². The molecule has 0 unspecified atom stereocenters. The zero-order valence-corrected chi connectivity index (χ0v) is 13.7. The van der Waals surface area contributed by atoms with Crippen molar-refractivity contribution in [2.75, 3.05) is 38.0 Å². The van der Waals surface area contributed by atoms with Gasteiger partial charge in [-0.3, -0.25) is 9.69 Å². The number of hydrogen-bond donors (Lipinski definition) is 1. The topological polar surface area (TPSA) is 65.8 Å². The van der Waals surface area contributed by atoms with Gasteiger partial charge < -0.3 is 14.6 Å². The van der Waals surface area contributed by atoms with Gasteiger partial charge in [-0.25, -0.2) is 4.79 Å². The van der Waals surface area contributed by atoms with Gasteiger partial charge >= 0.3 is 6.03 Å². The van der Waals surface area contributed by atoms with Crippen LogP contribution in [0.15, 0.2) is 47.1 Å². The lowest BCUT2D eigenvalue weighted by Crippen LogP contribution is -2.51. The minimum Gasteiger partial charge on any atom is -0.461 e. The van der Waals surface area contributed by atoms with Gasteiger partial charge in [0.25, 0.3) is 0 Å². The summed E-state index contributed by atoms with van der Waals surface area (Å²) >= 11 is 0. The van der Waals surface area contributed by atoms with Crippen LogP contribution in [0.1, 0.15) is 16.1 Å². The van der Waals surface area contributed by atoms with Crippen LogP contribution < -0.4 is 5.32 Å². The maximum absolute atomic E-state index is 12.3. The van der Waals surface area contributed by atoms with Crippen LogP contribution in [0.4, 0.5) is 10.5 Å². The number of nitrogens with zero attached hydrogens (tertiary/aromatic N) is 2. The van der Waals surface area contributed by atoms with Gasteiger partial charge in [-0.1, -0.05) is 18.2 Å². The van der Waals surface area contributed by atoms with Crippen molar-refractivity contribution in [2.45, 2.75) is 6.92 Å². The molecule has 1 saturated heterocycles. The standard InChI is InChI=1S/C18H21N3O3/c1-14-5-2-3-6-15(14)19-18(23)21-10-8-20(9-11-21)13-16(22)17-7-4-12-24-17/h2-7,12H,8-11,13H2,1H3,(H,19,23). The fourth-order valence-corrected chi connectivity index (χ4v) is 2.73. The Hall–Kier alpha value is -2.60. The van der Waals surface area contributed by atoms with Crippen LogP contribution in [-0.2, 0) is 0 Å². The number of para-hydroxylation sites is 1. The molecule has 0 radical (unpaired) electrons. The van der Waals surface area contributed by atoms with Gasteiger partial charge in [0.1, 0.15) is 0 Å². The van der Waals surface area contributed by atoms with Crippen LogP contribution in [-0.4, -0.2) is 54.3 Å². The van der Waals surface area contributed by atoms with Crippen molar-refractivity contribution in [3.63, 3.8) is 0 Å².